The van der Waals surface area contributed by atoms with E-state index >= 15 is 0 Å². The van der Waals surface area contributed by atoms with Crippen LogP contribution in [-0.4, -0.2) is 5.75 Å². The van der Waals surface area contributed by atoms with Gasteiger partial charge in [0.2, 0.25) is 0 Å². The van der Waals surface area contributed by atoms with Crippen LogP contribution in [0.3, 0.4) is 0 Å². The number of benzene rings is 1. The van der Waals surface area contributed by atoms with Crippen molar-refractivity contribution < 1.29 is 0 Å². The molecule has 0 unspecified atom stereocenters. The highest BCUT2D eigenvalue weighted by Crippen LogP contribution is 2.31. The Morgan fingerprint density at radius 1 is 1.10 bits per heavy atom. The van der Waals surface area contributed by atoms with Crippen LogP contribution in [-0.2, 0) is 12.0 Å². The maximum absolute atomic E-state index is 3.57. The number of thioether (sulfide) groups is 1. The fraction of sp³-hybridized carbons (Fsp3) is 0.412. The average molecular weight is 306 g/mol. The zero-order chi connectivity index (χ0) is 14.6. The predicted molar refractivity (Wildman–Crippen MR) is 93.2 cm³/mol. The van der Waals surface area contributed by atoms with Crippen molar-refractivity contribution >= 4 is 28.8 Å². The SMILES string of the molecule is CCSc1ccccc1NCc1ccc(C(C)(C)C)s1. The average Bonchev–Trinajstić information content (AvgIpc) is 2.87. The second-order valence-corrected chi connectivity index (χ2v) is 8.27. The molecule has 0 atom stereocenters. The zero-order valence-corrected chi connectivity index (χ0v) is 14.3. The van der Waals surface area contributed by atoms with E-state index in [1.807, 2.05) is 23.1 Å². The minimum Gasteiger partial charge on any atom is -0.379 e. The fourth-order valence-corrected chi connectivity index (χ4v) is 3.74. The molecule has 3 heteroatoms. The van der Waals surface area contributed by atoms with Gasteiger partial charge in [-0.3, -0.25) is 0 Å². The van der Waals surface area contributed by atoms with Gasteiger partial charge in [-0.05, 0) is 35.4 Å². The third-order valence-corrected chi connectivity index (χ3v) is 5.51. The normalized spacial score (nSPS) is 11.6. The van der Waals surface area contributed by atoms with Crippen molar-refractivity contribution in [1.29, 1.82) is 0 Å². The largest absolute Gasteiger partial charge is 0.379 e. The monoisotopic (exact) mass is 305 g/mol. The van der Waals surface area contributed by atoms with Gasteiger partial charge < -0.3 is 5.32 Å². The van der Waals surface area contributed by atoms with Gasteiger partial charge in [0.1, 0.15) is 0 Å². The first-order valence-corrected chi connectivity index (χ1v) is 8.86. The van der Waals surface area contributed by atoms with Crippen molar-refractivity contribution in [2.75, 3.05) is 11.1 Å². The number of para-hydroxylation sites is 1. The lowest BCUT2D eigenvalue weighted by molar-refractivity contribution is 0.604. The van der Waals surface area contributed by atoms with Gasteiger partial charge in [-0.15, -0.1) is 23.1 Å². The van der Waals surface area contributed by atoms with Gasteiger partial charge in [0.25, 0.3) is 0 Å². The molecule has 2 rings (SSSR count). The molecule has 2 aromatic rings. The molecule has 0 aliphatic heterocycles. The predicted octanol–water partition coefficient (Wildman–Crippen LogP) is 5.77. The lowest BCUT2D eigenvalue weighted by Crippen LogP contribution is -2.07. The Morgan fingerprint density at radius 2 is 1.85 bits per heavy atom. The summed E-state index contributed by atoms with van der Waals surface area (Å²) in [5.41, 5.74) is 1.49. The molecule has 1 nitrogen and oxygen atoms in total. The van der Waals surface area contributed by atoms with Crippen LogP contribution in [0.1, 0.15) is 37.4 Å². The molecule has 0 radical (unpaired) electrons. The molecule has 0 saturated heterocycles. The van der Waals surface area contributed by atoms with E-state index in [1.54, 1.807) is 0 Å². The summed E-state index contributed by atoms with van der Waals surface area (Å²) in [6, 6.07) is 13.0. The second kappa shape index (κ2) is 6.68. The number of anilines is 1. The molecule has 0 amide bonds. The van der Waals surface area contributed by atoms with Crippen molar-refractivity contribution in [2.45, 2.75) is 44.6 Å². The van der Waals surface area contributed by atoms with Crippen LogP contribution < -0.4 is 5.32 Å². The number of rotatable bonds is 5. The van der Waals surface area contributed by atoms with Crippen LogP contribution in [0.25, 0.3) is 0 Å². The standard InChI is InChI=1S/C17H23NS2/c1-5-19-15-9-7-6-8-14(15)18-12-13-10-11-16(20-13)17(2,3)4/h6-11,18H,5,12H2,1-4H3. The molecular weight excluding hydrogens is 282 g/mol. The van der Waals surface area contributed by atoms with Crippen LogP contribution in [0, 0.1) is 0 Å². The van der Waals surface area contributed by atoms with Gasteiger partial charge in [-0.25, -0.2) is 0 Å². The maximum Gasteiger partial charge on any atom is 0.0494 e. The maximum atomic E-state index is 3.57. The van der Waals surface area contributed by atoms with E-state index in [-0.39, 0.29) is 5.41 Å². The summed E-state index contributed by atoms with van der Waals surface area (Å²) in [6.45, 7) is 9.90. The molecular formula is C17H23NS2. The van der Waals surface area contributed by atoms with Crippen molar-refractivity contribution in [3.63, 3.8) is 0 Å². The van der Waals surface area contributed by atoms with Gasteiger partial charge >= 0.3 is 0 Å². The van der Waals surface area contributed by atoms with Gasteiger partial charge in [-0.2, -0.15) is 0 Å². The van der Waals surface area contributed by atoms with Crippen LogP contribution in [0.2, 0.25) is 0 Å². The van der Waals surface area contributed by atoms with Crippen molar-refractivity contribution in [2.24, 2.45) is 0 Å². The zero-order valence-electron chi connectivity index (χ0n) is 12.7. The van der Waals surface area contributed by atoms with E-state index in [2.05, 4.69) is 69.4 Å². The molecule has 1 N–H and O–H groups in total. The van der Waals surface area contributed by atoms with E-state index in [9.17, 15) is 0 Å². The van der Waals surface area contributed by atoms with E-state index in [1.165, 1.54) is 20.3 Å². The summed E-state index contributed by atoms with van der Waals surface area (Å²) < 4.78 is 0. The topological polar surface area (TPSA) is 12.0 Å². The Bertz CT molecular complexity index is 552. The Labute approximate surface area is 130 Å². The minimum absolute atomic E-state index is 0.249. The summed E-state index contributed by atoms with van der Waals surface area (Å²) in [7, 11) is 0. The smallest absolute Gasteiger partial charge is 0.0494 e. The number of thiophene rings is 1. The Balaban J connectivity index is 2.04. The third kappa shape index (κ3) is 4.03. The van der Waals surface area contributed by atoms with Crippen LogP contribution >= 0.6 is 23.1 Å². The molecule has 1 heterocycles. The van der Waals surface area contributed by atoms with E-state index < -0.39 is 0 Å². The highest BCUT2D eigenvalue weighted by molar-refractivity contribution is 7.99. The Morgan fingerprint density at radius 3 is 2.50 bits per heavy atom. The van der Waals surface area contributed by atoms with E-state index in [0.29, 0.717) is 0 Å². The van der Waals surface area contributed by atoms with Gasteiger partial charge in [0.15, 0.2) is 0 Å². The first kappa shape index (κ1) is 15.5. The van der Waals surface area contributed by atoms with Crippen LogP contribution in [0.4, 0.5) is 5.69 Å². The van der Waals surface area contributed by atoms with Crippen LogP contribution in [0.5, 0.6) is 0 Å². The molecule has 1 aromatic heterocycles. The molecule has 0 fully saturated rings. The molecule has 20 heavy (non-hydrogen) atoms. The third-order valence-electron chi connectivity index (χ3n) is 3.04. The van der Waals surface area contributed by atoms with Gasteiger partial charge in [-0.1, -0.05) is 39.8 Å². The molecule has 1 aromatic carbocycles. The van der Waals surface area contributed by atoms with Gasteiger partial charge in [0, 0.05) is 26.9 Å². The second-order valence-electron chi connectivity index (χ2n) is 5.80. The lowest BCUT2D eigenvalue weighted by Gasteiger charge is -2.15. The number of hydrogen-bond acceptors (Lipinski definition) is 3. The molecule has 0 bridgehead atoms. The molecule has 0 aliphatic carbocycles. The quantitative estimate of drug-likeness (QED) is 0.704. The molecule has 0 spiro atoms. The summed E-state index contributed by atoms with van der Waals surface area (Å²) in [5.74, 6) is 1.10. The number of nitrogens with one attached hydrogen (secondary N) is 1. The highest BCUT2D eigenvalue weighted by atomic mass is 32.2. The Hall–Kier alpha value is -0.930. The van der Waals surface area contributed by atoms with E-state index in [0.717, 1.165) is 12.3 Å². The summed E-state index contributed by atoms with van der Waals surface area (Å²) in [6.07, 6.45) is 0. The van der Waals surface area contributed by atoms with E-state index in [4.69, 9.17) is 0 Å². The van der Waals surface area contributed by atoms with Gasteiger partial charge in [0.05, 0.1) is 0 Å². The molecule has 108 valence electrons. The first-order valence-electron chi connectivity index (χ1n) is 7.05. The van der Waals surface area contributed by atoms with Crippen molar-refractivity contribution in [1.82, 2.24) is 0 Å². The Kier molecular flexibility index (Phi) is 5.17. The highest BCUT2D eigenvalue weighted by Gasteiger charge is 2.15. The summed E-state index contributed by atoms with van der Waals surface area (Å²) >= 11 is 3.80. The van der Waals surface area contributed by atoms with Crippen molar-refractivity contribution in [3.05, 3.63) is 46.2 Å². The first-order chi connectivity index (χ1) is 9.50. The summed E-state index contributed by atoms with van der Waals surface area (Å²) in [5, 5.41) is 3.57. The fourth-order valence-electron chi connectivity index (χ4n) is 1.95. The van der Waals surface area contributed by atoms with Crippen molar-refractivity contribution in [3.8, 4) is 0 Å². The minimum atomic E-state index is 0.249. The van der Waals surface area contributed by atoms with Crippen LogP contribution in [0.15, 0.2) is 41.3 Å². The summed E-state index contributed by atoms with van der Waals surface area (Å²) in [4.78, 5) is 4.18. The molecule has 0 aliphatic rings. The molecule has 0 saturated carbocycles. The lowest BCUT2D eigenvalue weighted by atomic mass is 9.95. The number of hydrogen-bond donors (Lipinski definition) is 1.